The fourth-order valence-corrected chi connectivity index (χ4v) is 9.81. The van der Waals surface area contributed by atoms with Crippen LogP contribution in [0.25, 0.3) is 10.2 Å². The zero-order valence-electron chi connectivity index (χ0n) is 31.1. The maximum atomic E-state index is 15.4. The SMILES string of the molecule is O=C1O[C@H](c2ccccc2)[C@H](c2ccccc2)N2[C@H]1[C@@H](C(=O)Nc1nc3ccccc3s1)[C@]1(C(=O)Nc3ccc(C#CCCO)cc31)[C@H]2c1cccc(OCCO)c1. The number of esters is 1. The number of hydrogen-bond donors (Lipinski definition) is 4. The lowest BCUT2D eigenvalue weighted by molar-refractivity contribution is -0.177. The van der Waals surface area contributed by atoms with Crippen LogP contribution in [0.4, 0.5) is 10.8 Å². The molecule has 290 valence electrons. The number of nitrogens with zero attached hydrogens (tertiary/aromatic N) is 2. The van der Waals surface area contributed by atoms with Crippen molar-refractivity contribution in [3.8, 4) is 17.6 Å². The van der Waals surface area contributed by atoms with Gasteiger partial charge in [0, 0.05) is 17.7 Å². The molecular weight excluding hydrogens is 753 g/mol. The first kappa shape index (κ1) is 37.2. The molecule has 9 rings (SSSR count). The van der Waals surface area contributed by atoms with Crippen LogP contribution in [0.15, 0.2) is 127 Å². The molecule has 0 saturated carbocycles. The number of morpholine rings is 1. The third-order valence-corrected chi connectivity index (χ3v) is 12.1. The van der Waals surface area contributed by atoms with Crippen LogP contribution in [0, 0.1) is 17.8 Å². The first-order valence-electron chi connectivity index (χ1n) is 19.1. The standard InChI is InChI=1S/C46H38N4O7S/c51-23-10-9-12-28-21-22-34-33(26-28)46(44(55)47-34)37(42(53)49-45-48-35-19-7-8-20-36(35)58-45)39-43(54)57-40(30-15-5-2-6-16-30)38(29-13-3-1-4-14-29)50(39)41(46)31-17-11-18-32(27-31)56-25-24-52/h1-8,11,13-22,26-27,37-41,51-52H,10,23-25H2,(H,47,55)(H,48,49,53)/t37-,38-,39-,40+,41+,46-/m0/s1. The van der Waals surface area contributed by atoms with Crippen molar-refractivity contribution < 1.29 is 34.1 Å². The Balaban J connectivity index is 1.33. The Morgan fingerprint density at radius 1 is 0.862 bits per heavy atom. The number of thiazole rings is 1. The van der Waals surface area contributed by atoms with E-state index in [2.05, 4.69) is 22.5 Å². The summed E-state index contributed by atoms with van der Waals surface area (Å²) in [7, 11) is 0. The number of fused-ring (bicyclic) bond motifs is 4. The second-order valence-electron chi connectivity index (χ2n) is 14.4. The summed E-state index contributed by atoms with van der Waals surface area (Å²) in [5.41, 5.74) is 2.67. The Morgan fingerprint density at radius 2 is 1.60 bits per heavy atom. The fourth-order valence-electron chi connectivity index (χ4n) is 8.94. The van der Waals surface area contributed by atoms with Crippen LogP contribution in [0.5, 0.6) is 5.75 Å². The van der Waals surface area contributed by atoms with E-state index in [9.17, 15) is 10.2 Å². The molecule has 2 amide bonds. The molecule has 1 aromatic heterocycles. The number of ether oxygens (including phenoxy) is 2. The molecular formula is C46H38N4O7S. The minimum atomic E-state index is -1.75. The Bertz CT molecular complexity index is 2560. The fraction of sp³-hybridized carbons (Fsp3) is 0.217. The highest BCUT2D eigenvalue weighted by molar-refractivity contribution is 7.22. The highest BCUT2D eigenvalue weighted by Crippen LogP contribution is 2.65. The number of carbonyl (C=O) groups is 3. The summed E-state index contributed by atoms with van der Waals surface area (Å²) in [6.07, 6.45) is -0.580. The summed E-state index contributed by atoms with van der Waals surface area (Å²) >= 11 is 1.30. The van der Waals surface area contributed by atoms with E-state index in [1.807, 2.05) is 108 Å². The highest BCUT2D eigenvalue weighted by Gasteiger charge is 2.74. The van der Waals surface area contributed by atoms with E-state index < -0.39 is 53.3 Å². The minimum absolute atomic E-state index is 0.0348. The van der Waals surface area contributed by atoms with Crippen LogP contribution in [0.3, 0.4) is 0 Å². The molecule has 6 aromatic rings. The van der Waals surface area contributed by atoms with Gasteiger partial charge >= 0.3 is 5.97 Å². The van der Waals surface area contributed by atoms with Crippen LogP contribution in [-0.4, -0.2) is 63.7 Å². The number of para-hydroxylation sites is 1. The molecule has 2 saturated heterocycles. The van der Waals surface area contributed by atoms with Crippen LogP contribution >= 0.6 is 11.3 Å². The van der Waals surface area contributed by atoms with E-state index in [1.165, 1.54) is 11.3 Å². The monoisotopic (exact) mass is 790 g/mol. The van der Waals surface area contributed by atoms with Gasteiger partial charge in [0.25, 0.3) is 0 Å². The minimum Gasteiger partial charge on any atom is -0.491 e. The molecule has 0 radical (unpaired) electrons. The third-order valence-electron chi connectivity index (χ3n) is 11.1. The highest BCUT2D eigenvalue weighted by atomic mass is 32.1. The second-order valence-corrected chi connectivity index (χ2v) is 15.4. The first-order chi connectivity index (χ1) is 28.4. The van der Waals surface area contributed by atoms with Crippen molar-refractivity contribution in [2.24, 2.45) is 5.92 Å². The molecule has 3 aliphatic rings. The van der Waals surface area contributed by atoms with E-state index >= 15 is 14.4 Å². The Kier molecular flexibility index (Phi) is 9.97. The molecule has 0 aliphatic carbocycles. The van der Waals surface area contributed by atoms with Gasteiger partial charge in [0.2, 0.25) is 11.8 Å². The number of nitrogens with one attached hydrogen (secondary N) is 2. The summed E-state index contributed by atoms with van der Waals surface area (Å²) in [6.45, 7) is -0.293. The van der Waals surface area contributed by atoms with Crippen molar-refractivity contribution in [3.63, 3.8) is 0 Å². The van der Waals surface area contributed by atoms with E-state index in [0.717, 1.165) is 15.8 Å². The van der Waals surface area contributed by atoms with Gasteiger partial charge in [-0.3, -0.25) is 19.3 Å². The molecule has 2 fully saturated rings. The van der Waals surface area contributed by atoms with Gasteiger partial charge in [-0.25, -0.2) is 4.98 Å². The van der Waals surface area contributed by atoms with Crippen molar-refractivity contribution in [2.45, 2.75) is 36.1 Å². The number of anilines is 2. The zero-order valence-corrected chi connectivity index (χ0v) is 31.9. The van der Waals surface area contributed by atoms with Gasteiger partial charge < -0.3 is 30.3 Å². The van der Waals surface area contributed by atoms with Crippen LogP contribution in [-0.2, 0) is 24.5 Å². The van der Waals surface area contributed by atoms with E-state index in [0.29, 0.717) is 38.8 Å². The summed E-state index contributed by atoms with van der Waals surface area (Å²) in [5, 5.41) is 25.6. The number of benzene rings is 5. The van der Waals surface area contributed by atoms with Crippen LogP contribution in [0.2, 0.25) is 0 Å². The number of amides is 2. The zero-order chi connectivity index (χ0) is 39.8. The topological polar surface area (TPSA) is 150 Å². The lowest BCUT2D eigenvalue weighted by Gasteiger charge is -2.46. The second kappa shape index (κ2) is 15.5. The molecule has 1 spiro atoms. The van der Waals surface area contributed by atoms with Gasteiger partial charge in [-0.05, 0) is 64.7 Å². The maximum Gasteiger partial charge on any atom is 0.324 e. The van der Waals surface area contributed by atoms with Gasteiger partial charge in [-0.15, -0.1) is 0 Å². The lowest BCUT2D eigenvalue weighted by atomic mass is 9.65. The number of aliphatic hydroxyl groups is 2. The van der Waals surface area contributed by atoms with Crippen LogP contribution in [0.1, 0.15) is 52.4 Å². The van der Waals surface area contributed by atoms with Crippen molar-refractivity contribution in [2.75, 3.05) is 30.5 Å². The average molecular weight is 791 g/mol. The predicted molar refractivity (Wildman–Crippen MR) is 219 cm³/mol. The van der Waals surface area contributed by atoms with Crippen molar-refractivity contribution in [1.29, 1.82) is 0 Å². The Hall–Kier alpha value is -6.36. The Labute approximate surface area is 338 Å². The molecule has 11 nitrogen and oxygen atoms in total. The molecule has 4 heterocycles. The van der Waals surface area contributed by atoms with Crippen LogP contribution < -0.4 is 15.4 Å². The largest absolute Gasteiger partial charge is 0.491 e. The molecule has 5 aromatic carbocycles. The number of rotatable bonds is 9. The third kappa shape index (κ3) is 6.29. The maximum absolute atomic E-state index is 15.4. The molecule has 12 heteroatoms. The quantitative estimate of drug-likeness (QED) is 0.0977. The van der Waals surface area contributed by atoms with Gasteiger partial charge in [0.15, 0.2) is 5.13 Å². The summed E-state index contributed by atoms with van der Waals surface area (Å²) in [6, 6.07) is 36.4. The molecule has 3 aliphatic heterocycles. The molecule has 0 bridgehead atoms. The van der Waals surface area contributed by atoms with Crippen molar-refractivity contribution in [1.82, 2.24) is 9.88 Å². The van der Waals surface area contributed by atoms with Gasteiger partial charge in [-0.2, -0.15) is 0 Å². The van der Waals surface area contributed by atoms with E-state index in [1.54, 1.807) is 24.3 Å². The summed E-state index contributed by atoms with van der Waals surface area (Å²) < 4.78 is 13.3. The van der Waals surface area contributed by atoms with E-state index in [-0.39, 0.29) is 26.2 Å². The van der Waals surface area contributed by atoms with Gasteiger partial charge in [-0.1, -0.05) is 108 Å². The normalized spacial score (nSPS) is 23.4. The smallest absolute Gasteiger partial charge is 0.324 e. The number of aromatic nitrogens is 1. The lowest BCUT2D eigenvalue weighted by Crippen LogP contribution is -2.53. The molecule has 6 atom stereocenters. The van der Waals surface area contributed by atoms with Crippen molar-refractivity contribution in [3.05, 3.63) is 155 Å². The Morgan fingerprint density at radius 3 is 2.36 bits per heavy atom. The summed E-state index contributed by atoms with van der Waals surface area (Å²) in [4.78, 5) is 52.6. The molecule has 4 N–H and O–H groups in total. The first-order valence-corrected chi connectivity index (χ1v) is 19.9. The molecule has 0 unspecified atom stereocenters. The summed E-state index contributed by atoms with van der Waals surface area (Å²) in [5.74, 6) is 3.48. The number of aliphatic hydroxyl groups excluding tert-OH is 2. The van der Waals surface area contributed by atoms with Gasteiger partial charge in [0.1, 0.15) is 29.9 Å². The number of cyclic esters (lactones) is 1. The average Bonchev–Trinajstić information content (AvgIpc) is 3.90. The number of hydrogen-bond acceptors (Lipinski definition) is 10. The number of carbonyl (C=O) groups excluding carboxylic acids is 3. The van der Waals surface area contributed by atoms with Gasteiger partial charge in [0.05, 0.1) is 41.4 Å². The van der Waals surface area contributed by atoms with Crippen molar-refractivity contribution >= 4 is 50.2 Å². The van der Waals surface area contributed by atoms with E-state index in [4.69, 9.17) is 14.5 Å². The predicted octanol–water partition coefficient (Wildman–Crippen LogP) is 6.31. The molecule has 58 heavy (non-hydrogen) atoms.